The summed E-state index contributed by atoms with van der Waals surface area (Å²) in [5.74, 6) is 2.62. The number of hydrogen-bond acceptors (Lipinski definition) is 7. The number of nitriles is 1. The number of nitrogens with one attached hydrogen (secondary N) is 3. The van der Waals surface area contributed by atoms with Crippen molar-refractivity contribution in [3.63, 3.8) is 0 Å². The fraction of sp³-hybridized carbons (Fsp3) is 0.286. The van der Waals surface area contributed by atoms with Crippen LogP contribution in [0.1, 0.15) is 16.8 Å². The van der Waals surface area contributed by atoms with Gasteiger partial charge in [-0.15, -0.1) is 0 Å². The smallest absolute Gasteiger partial charge is 0.153 e. The first-order valence-corrected chi connectivity index (χ1v) is 9.31. The summed E-state index contributed by atoms with van der Waals surface area (Å²) in [5.41, 5.74) is 3.42. The Kier molecular flexibility index (Phi) is 6.19. The van der Waals surface area contributed by atoms with Crippen molar-refractivity contribution in [1.82, 2.24) is 15.2 Å². The highest BCUT2D eigenvalue weighted by Crippen LogP contribution is 2.23. The molecule has 0 fully saturated rings. The lowest BCUT2D eigenvalue weighted by Gasteiger charge is -2.14. The maximum absolute atomic E-state index is 9.49. The van der Waals surface area contributed by atoms with Crippen LogP contribution in [0.3, 0.4) is 0 Å². The van der Waals surface area contributed by atoms with Crippen LogP contribution in [0.5, 0.6) is 5.75 Å². The van der Waals surface area contributed by atoms with Crippen molar-refractivity contribution < 1.29 is 4.74 Å². The molecule has 0 aliphatic heterocycles. The molecule has 0 saturated carbocycles. The monoisotopic (exact) mass is 391 g/mol. The van der Waals surface area contributed by atoms with Crippen molar-refractivity contribution in [2.75, 3.05) is 42.8 Å². The SMILES string of the molecule is Cc1cc(Nc2cc(C)c(C#N)c(NCCOc3ccc(N(C)C)cc3)n2)n[nH]1. The predicted molar refractivity (Wildman–Crippen MR) is 115 cm³/mol. The molecule has 29 heavy (non-hydrogen) atoms. The highest BCUT2D eigenvalue weighted by atomic mass is 16.5. The first-order valence-electron chi connectivity index (χ1n) is 9.31. The zero-order chi connectivity index (χ0) is 20.8. The van der Waals surface area contributed by atoms with Crippen LogP contribution in [0.15, 0.2) is 36.4 Å². The fourth-order valence-electron chi connectivity index (χ4n) is 2.80. The summed E-state index contributed by atoms with van der Waals surface area (Å²) in [6.45, 7) is 4.77. The molecule has 0 bridgehead atoms. The van der Waals surface area contributed by atoms with Gasteiger partial charge in [0.05, 0.1) is 12.1 Å². The van der Waals surface area contributed by atoms with Gasteiger partial charge in [-0.1, -0.05) is 0 Å². The second-order valence-electron chi connectivity index (χ2n) is 6.88. The van der Waals surface area contributed by atoms with E-state index < -0.39 is 0 Å². The van der Waals surface area contributed by atoms with Gasteiger partial charge in [0, 0.05) is 31.5 Å². The highest BCUT2D eigenvalue weighted by molar-refractivity contribution is 5.63. The molecule has 1 aromatic carbocycles. The van der Waals surface area contributed by atoms with Gasteiger partial charge in [0.1, 0.15) is 30.1 Å². The van der Waals surface area contributed by atoms with Gasteiger partial charge < -0.3 is 20.3 Å². The van der Waals surface area contributed by atoms with Gasteiger partial charge in [-0.05, 0) is 49.7 Å². The van der Waals surface area contributed by atoms with Crippen LogP contribution in [0.25, 0.3) is 0 Å². The third-order valence-electron chi connectivity index (χ3n) is 4.31. The van der Waals surface area contributed by atoms with Crippen LogP contribution < -0.4 is 20.3 Å². The van der Waals surface area contributed by atoms with Gasteiger partial charge >= 0.3 is 0 Å². The maximum atomic E-state index is 9.49. The second-order valence-corrected chi connectivity index (χ2v) is 6.88. The van der Waals surface area contributed by atoms with E-state index in [1.807, 2.05) is 69.2 Å². The molecule has 0 atom stereocenters. The molecule has 0 radical (unpaired) electrons. The molecule has 150 valence electrons. The summed E-state index contributed by atoms with van der Waals surface area (Å²) in [5, 5.41) is 22.9. The standard InChI is InChI=1S/C21H25N7O/c1-14-11-19(24-20-12-15(2)26-27-20)25-21(18(14)13-22)23-9-10-29-17-7-5-16(6-8-17)28(3)4/h5-8,11-12H,9-10H2,1-4H3,(H3,23,24,25,26,27). The molecule has 2 heterocycles. The average molecular weight is 391 g/mol. The van der Waals surface area contributed by atoms with E-state index in [2.05, 4.69) is 31.9 Å². The van der Waals surface area contributed by atoms with Gasteiger partial charge in [-0.2, -0.15) is 10.4 Å². The number of aromatic nitrogens is 3. The van der Waals surface area contributed by atoms with Crippen molar-refractivity contribution in [2.45, 2.75) is 13.8 Å². The highest BCUT2D eigenvalue weighted by Gasteiger charge is 2.11. The van der Waals surface area contributed by atoms with Crippen LogP contribution in [-0.4, -0.2) is 42.4 Å². The first-order chi connectivity index (χ1) is 14.0. The molecule has 3 rings (SSSR count). The lowest BCUT2D eigenvalue weighted by atomic mass is 10.1. The summed E-state index contributed by atoms with van der Waals surface area (Å²) in [6.07, 6.45) is 0. The number of pyridine rings is 1. The Balaban J connectivity index is 1.62. The molecule has 0 saturated heterocycles. The lowest BCUT2D eigenvalue weighted by Crippen LogP contribution is -2.14. The summed E-state index contributed by atoms with van der Waals surface area (Å²) in [4.78, 5) is 6.56. The van der Waals surface area contributed by atoms with E-state index >= 15 is 0 Å². The molecule has 0 unspecified atom stereocenters. The maximum Gasteiger partial charge on any atom is 0.153 e. The largest absolute Gasteiger partial charge is 0.492 e. The normalized spacial score (nSPS) is 10.3. The van der Waals surface area contributed by atoms with E-state index in [4.69, 9.17) is 4.74 Å². The zero-order valence-electron chi connectivity index (χ0n) is 17.1. The number of nitrogens with zero attached hydrogens (tertiary/aromatic N) is 4. The number of ether oxygens (including phenoxy) is 1. The van der Waals surface area contributed by atoms with Crippen LogP contribution in [0.2, 0.25) is 0 Å². The summed E-state index contributed by atoms with van der Waals surface area (Å²) < 4.78 is 5.77. The van der Waals surface area contributed by atoms with Gasteiger partial charge in [-0.3, -0.25) is 5.10 Å². The molecule has 3 N–H and O–H groups in total. The Morgan fingerprint density at radius 1 is 1.14 bits per heavy atom. The number of aryl methyl sites for hydroxylation is 2. The van der Waals surface area contributed by atoms with E-state index in [0.29, 0.717) is 36.2 Å². The number of benzene rings is 1. The molecule has 8 nitrogen and oxygen atoms in total. The van der Waals surface area contributed by atoms with Crippen molar-refractivity contribution in [2.24, 2.45) is 0 Å². The van der Waals surface area contributed by atoms with E-state index in [9.17, 15) is 5.26 Å². The summed E-state index contributed by atoms with van der Waals surface area (Å²) in [7, 11) is 4.00. The summed E-state index contributed by atoms with van der Waals surface area (Å²) >= 11 is 0. The minimum Gasteiger partial charge on any atom is -0.492 e. The molecule has 0 amide bonds. The number of anilines is 4. The van der Waals surface area contributed by atoms with E-state index in [-0.39, 0.29) is 0 Å². The van der Waals surface area contributed by atoms with Crippen molar-refractivity contribution >= 4 is 23.1 Å². The molecular formula is C21H25N7O. The van der Waals surface area contributed by atoms with Gasteiger partial charge in [0.15, 0.2) is 5.82 Å². The summed E-state index contributed by atoms with van der Waals surface area (Å²) in [6, 6.07) is 13.8. The minimum atomic E-state index is 0.448. The lowest BCUT2D eigenvalue weighted by molar-refractivity contribution is 0.333. The number of rotatable bonds is 8. The molecule has 2 aromatic heterocycles. The van der Waals surface area contributed by atoms with Crippen molar-refractivity contribution in [3.8, 4) is 11.8 Å². The Morgan fingerprint density at radius 2 is 1.90 bits per heavy atom. The van der Waals surface area contributed by atoms with Crippen LogP contribution >= 0.6 is 0 Å². The molecule has 8 heteroatoms. The fourth-order valence-corrected chi connectivity index (χ4v) is 2.80. The van der Waals surface area contributed by atoms with Crippen LogP contribution in [0, 0.1) is 25.2 Å². The van der Waals surface area contributed by atoms with Crippen LogP contribution in [-0.2, 0) is 0 Å². The third kappa shape index (κ3) is 5.17. The van der Waals surface area contributed by atoms with E-state index in [0.717, 1.165) is 22.7 Å². The Bertz CT molecular complexity index is 1000. The first kappa shape index (κ1) is 20.0. The van der Waals surface area contributed by atoms with Crippen molar-refractivity contribution in [3.05, 3.63) is 53.2 Å². The number of H-pyrrole nitrogens is 1. The molecule has 0 aliphatic carbocycles. The second kappa shape index (κ2) is 8.97. The van der Waals surface area contributed by atoms with Crippen molar-refractivity contribution in [1.29, 1.82) is 5.26 Å². The number of aromatic amines is 1. The molecule has 0 spiro atoms. The Hall–Kier alpha value is -3.73. The third-order valence-corrected chi connectivity index (χ3v) is 4.31. The van der Waals surface area contributed by atoms with Crippen LogP contribution in [0.4, 0.5) is 23.1 Å². The van der Waals surface area contributed by atoms with Gasteiger partial charge in [0.25, 0.3) is 0 Å². The van der Waals surface area contributed by atoms with Gasteiger partial charge in [-0.25, -0.2) is 4.98 Å². The molecule has 3 aromatic rings. The zero-order valence-corrected chi connectivity index (χ0v) is 17.1. The molecule has 0 aliphatic rings. The predicted octanol–water partition coefficient (Wildman–Crippen LogP) is 3.59. The Morgan fingerprint density at radius 3 is 2.52 bits per heavy atom. The Labute approximate surface area is 170 Å². The van der Waals surface area contributed by atoms with Gasteiger partial charge in [0.2, 0.25) is 0 Å². The number of hydrogen-bond donors (Lipinski definition) is 3. The van der Waals surface area contributed by atoms with E-state index in [1.165, 1.54) is 0 Å². The average Bonchev–Trinajstić information content (AvgIpc) is 3.10. The minimum absolute atomic E-state index is 0.448. The quantitative estimate of drug-likeness (QED) is 0.504. The topological polar surface area (TPSA) is 102 Å². The molecular weight excluding hydrogens is 366 g/mol. The van der Waals surface area contributed by atoms with E-state index in [1.54, 1.807) is 0 Å².